The Labute approximate surface area is 131 Å². The lowest BCUT2D eigenvalue weighted by atomic mass is 9.94. The highest BCUT2D eigenvalue weighted by molar-refractivity contribution is 5.88. The van der Waals surface area contributed by atoms with Crippen LogP contribution in [0, 0.1) is 13.8 Å². The van der Waals surface area contributed by atoms with E-state index in [1.807, 2.05) is 32.9 Å². The minimum Gasteiger partial charge on any atom is -0.497 e. The molecule has 0 aliphatic carbocycles. The molecule has 0 saturated heterocycles. The number of carboxylic acids is 1. The Morgan fingerprint density at radius 3 is 2.23 bits per heavy atom. The molecule has 0 aliphatic rings. The first kappa shape index (κ1) is 18.0. The first-order chi connectivity index (χ1) is 10.2. The molecule has 2 N–H and O–H groups in total. The molecular formula is C17H25NO4. The summed E-state index contributed by atoms with van der Waals surface area (Å²) in [7, 11) is 1.60. The van der Waals surface area contributed by atoms with Crippen molar-refractivity contribution in [2.45, 2.75) is 52.5 Å². The third-order valence-corrected chi connectivity index (χ3v) is 3.88. The van der Waals surface area contributed by atoms with Crippen molar-refractivity contribution in [3.63, 3.8) is 0 Å². The Hall–Kier alpha value is -2.04. The highest BCUT2D eigenvalue weighted by Crippen LogP contribution is 2.22. The second kappa shape index (κ2) is 7.29. The van der Waals surface area contributed by atoms with Gasteiger partial charge in [-0.15, -0.1) is 0 Å². The van der Waals surface area contributed by atoms with E-state index in [1.54, 1.807) is 14.0 Å². The van der Waals surface area contributed by atoms with Gasteiger partial charge in [-0.25, -0.2) is 4.79 Å². The number of ether oxygens (including phenoxy) is 1. The lowest BCUT2D eigenvalue weighted by molar-refractivity contribution is -0.147. The molecule has 1 aromatic rings. The van der Waals surface area contributed by atoms with E-state index in [2.05, 4.69) is 5.32 Å². The molecule has 0 saturated carbocycles. The maximum Gasteiger partial charge on any atom is 0.329 e. The van der Waals surface area contributed by atoms with Crippen LogP contribution in [0.4, 0.5) is 0 Å². The summed E-state index contributed by atoms with van der Waals surface area (Å²) >= 11 is 0. The number of aryl methyl sites for hydroxylation is 2. The van der Waals surface area contributed by atoms with E-state index < -0.39 is 11.5 Å². The molecule has 1 unspecified atom stereocenters. The SMILES string of the molecule is CCCC(C)(NC(=O)Cc1c(C)cc(OC)cc1C)C(=O)O. The van der Waals surface area contributed by atoms with E-state index in [0.29, 0.717) is 12.8 Å². The van der Waals surface area contributed by atoms with Gasteiger partial charge in [0.15, 0.2) is 0 Å². The molecule has 1 rings (SSSR count). The molecule has 0 radical (unpaired) electrons. The quantitative estimate of drug-likeness (QED) is 0.812. The summed E-state index contributed by atoms with van der Waals surface area (Å²) in [6.45, 7) is 7.27. The predicted octanol–water partition coefficient (Wildman–Crippen LogP) is 2.61. The number of carbonyl (C=O) groups is 2. The van der Waals surface area contributed by atoms with Crippen LogP contribution in [-0.2, 0) is 16.0 Å². The van der Waals surface area contributed by atoms with Crippen molar-refractivity contribution >= 4 is 11.9 Å². The molecule has 5 nitrogen and oxygen atoms in total. The van der Waals surface area contributed by atoms with E-state index in [4.69, 9.17) is 4.74 Å². The fraction of sp³-hybridized carbons (Fsp3) is 0.529. The molecule has 0 bridgehead atoms. The van der Waals surface area contributed by atoms with Crippen LogP contribution in [0.5, 0.6) is 5.75 Å². The summed E-state index contributed by atoms with van der Waals surface area (Å²) in [4.78, 5) is 23.6. The summed E-state index contributed by atoms with van der Waals surface area (Å²) < 4.78 is 5.20. The summed E-state index contributed by atoms with van der Waals surface area (Å²) in [5.41, 5.74) is 1.60. The highest BCUT2D eigenvalue weighted by Gasteiger charge is 2.33. The molecule has 1 atom stereocenters. The number of methoxy groups -OCH3 is 1. The predicted molar refractivity (Wildman–Crippen MR) is 85.3 cm³/mol. The minimum atomic E-state index is -1.22. The van der Waals surface area contributed by atoms with Gasteiger partial charge in [-0.05, 0) is 56.0 Å². The van der Waals surface area contributed by atoms with E-state index in [9.17, 15) is 14.7 Å². The van der Waals surface area contributed by atoms with Crippen molar-refractivity contribution in [3.05, 3.63) is 28.8 Å². The average molecular weight is 307 g/mol. The first-order valence-corrected chi connectivity index (χ1v) is 7.42. The van der Waals surface area contributed by atoms with Gasteiger partial charge < -0.3 is 15.2 Å². The Kier molecular flexibility index (Phi) is 5.97. The van der Waals surface area contributed by atoms with Gasteiger partial charge in [-0.2, -0.15) is 0 Å². The smallest absolute Gasteiger partial charge is 0.329 e. The number of hydrogen-bond acceptors (Lipinski definition) is 3. The molecule has 1 amide bonds. The van der Waals surface area contributed by atoms with E-state index in [1.165, 1.54) is 0 Å². The Morgan fingerprint density at radius 1 is 1.27 bits per heavy atom. The van der Waals surface area contributed by atoms with Crippen LogP contribution in [0.2, 0.25) is 0 Å². The van der Waals surface area contributed by atoms with Crippen molar-refractivity contribution in [1.29, 1.82) is 0 Å². The molecule has 22 heavy (non-hydrogen) atoms. The minimum absolute atomic E-state index is 0.161. The molecule has 122 valence electrons. The van der Waals surface area contributed by atoms with Crippen LogP contribution in [0.3, 0.4) is 0 Å². The second-order valence-corrected chi connectivity index (χ2v) is 5.85. The van der Waals surface area contributed by atoms with Gasteiger partial charge in [0, 0.05) is 0 Å². The van der Waals surface area contributed by atoms with Gasteiger partial charge in [-0.3, -0.25) is 4.79 Å². The summed E-state index contributed by atoms with van der Waals surface area (Å²) in [5.74, 6) is -0.541. The lowest BCUT2D eigenvalue weighted by Crippen LogP contribution is -2.52. The van der Waals surface area contributed by atoms with Crippen LogP contribution in [-0.4, -0.2) is 29.6 Å². The van der Waals surface area contributed by atoms with Crippen LogP contribution in [0.15, 0.2) is 12.1 Å². The van der Waals surface area contributed by atoms with E-state index in [0.717, 1.165) is 22.4 Å². The number of amides is 1. The monoisotopic (exact) mass is 307 g/mol. The molecule has 0 spiro atoms. The number of carboxylic acid groups (broad SMARTS) is 1. The number of hydrogen-bond donors (Lipinski definition) is 2. The highest BCUT2D eigenvalue weighted by atomic mass is 16.5. The number of nitrogens with one attached hydrogen (secondary N) is 1. The fourth-order valence-electron chi connectivity index (χ4n) is 2.59. The molecule has 0 aromatic heterocycles. The third-order valence-electron chi connectivity index (χ3n) is 3.88. The van der Waals surface area contributed by atoms with Crippen LogP contribution in [0.25, 0.3) is 0 Å². The largest absolute Gasteiger partial charge is 0.497 e. The lowest BCUT2D eigenvalue weighted by Gasteiger charge is -2.26. The zero-order valence-corrected chi connectivity index (χ0v) is 13.9. The van der Waals surface area contributed by atoms with Gasteiger partial charge >= 0.3 is 5.97 Å². The Morgan fingerprint density at radius 2 is 1.82 bits per heavy atom. The summed E-state index contributed by atoms with van der Waals surface area (Å²) in [5, 5.41) is 12.0. The second-order valence-electron chi connectivity index (χ2n) is 5.85. The molecule has 0 aliphatic heterocycles. The Bertz CT molecular complexity index is 545. The molecule has 0 fully saturated rings. The molecule has 0 heterocycles. The van der Waals surface area contributed by atoms with Crippen molar-refractivity contribution < 1.29 is 19.4 Å². The van der Waals surface area contributed by atoms with Crippen LogP contribution in [0.1, 0.15) is 43.4 Å². The van der Waals surface area contributed by atoms with Gasteiger partial charge in [0.25, 0.3) is 0 Å². The van der Waals surface area contributed by atoms with Crippen molar-refractivity contribution in [2.75, 3.05) is 7.11 Å². The van der Waals surface area contributed by atoms with Crippen molar-refractivity contribution in [1.82, 2.24) is 5.32 Å². The zero-order chi connectivity index (χ0) is 16.9. The zero-order valence-electron chi connectivity index (χ0n) is 13.9. The van der Waals surface area contributed by atoms with Crippen LogP contribution < -0.4 is 10.1 Å². The normalized spacial score (nSPS) is 13.3. The topological polar surface area (TPSA) is 75.6 Å². The van der Waals surface area contributed by atoms with Gasteiger partial charge in [0.1, 0.15) is 11.3 Å². The van der Waals surface area contributed by atoms with Gasteiger partial charge in [-0.1, -0.05) is 13.3 Å². The Balaban J connectivity index is 2.91. The van der Waals surface area contributed by atoms with Crippen LogP contribution >= 0.6 is 0 Å². The van der Waals surface area contributed by atoms with Gasteiger partial charge in [0.05, 0.1) is 13.5 Å². The maximum absolute atomic E-state index is 12.3. The standard InChI is InChI=1S/C17H25NO4/c1-6-7-17(4,16(20)21)18-15(19)10-14-11(2)8-13(22-5)9-12(14)3/h8-9H,6-7,10H2,1-5H3,(H,18,19)(H,20,21). The number of rotatable bonds is 7. The first-order valence-electron chi connectivity index (χ1n) is 7.42. The van der Waals surface area contributed by atoms with Crippen molar-refractivity contribution in [3.8, 4) is 5.75 Å². The van der Waals surface area contributed by atoms with Crippen molar-refractivity contribution in [2.24, 2.45) is 0 Å². The number of benzene rings is 1. The molecular weight excluding hydrogens is 282 g/mol. The number of carbonyl (C=O) groups excluding carboxylic acids is 1. The maximum atomic E-state index is 12.3. The fourth-order valence-corrected chi connectivity index (χ4v) is 2.59. The van der Waals surface area contributed by atoms with E-state index in [-0.39, 0.29) is 12.3 Å². The summed E-state index contributed by atoms with van der Waals surface area (Å²) in [6, 6.07) is 3.75. The number of aliphatic carboxylic acids is 1. The average Bonchev–Trinajstić information content (AvgIpc) is 2.42. The van der Waals surface area contributed by atoms with Gasteiger partial charge in [0.2, 0.25) is 5.91 Å². The third kappa shape index (κ3) is 4.23. The summed E-state index contributed by atoms with van der Waals surface area (Å²) in [6.07, 6.45) is 1.24. The molecule has 5 heteroatoms. The molecule has 1 aromatic carbocycles. The van der Waals surface area contributed by atoms with E-state index >= 15 is 0 Å².